The van der Waals surface area contributed by atoms with Crippen molar-refractivity contribution in [3.63, 3.8) is 0 Å². The number of piperidine rings is 1. The molecule has 114 valence electrons. The van der Waals surface area contributed by atoms with Gasteiger partial charge in [-0.25, -0.2) is 0 Å². The minimum absolute atomic E-state index is 0.0389. The highest BCUT2D eigenvalue weighted by Gasteiger charge is 2.28. The van der Waals surface area contributed by atoms with Crippen molar-refractivity contribution in [2.45, 2.75) is 32.2 Å². The van der Waals surface area contributed by atoms with E-state index in [4.69, 9.17) is 0 Å². The summed E-state index contributed by atoms with van der Waals surface area (Å²) in [4.78, 5) is 29.1. The molecule has 1 aromatic heterocycles. The Kier molecular flexibility index (Phi) is 4.09. The molecule has 0 saturated carbocycles. The van der Waals surface area contributed by atoms with E-state index >= 15 is 0 Å². The third-order valence-electron chi connectivity index (χ3n) is 4.28. The van der Waals surface area contributed by atoms with Gasteiger partial charge in [0, 0.05) is 23.9 Å². The second-order valence-electron chi connectivity index (χ2n) is 5.82. The molecule has 4 heteroatoms. The Hall–Kier alpha value is -2.36. The van der Waals surface area contributed by atoms with Crippen LogP contribution in [0.25, 0.3) is 0 Å². The summed E-state index contributed by atoms with van der Waals surface area (Å²) in [6.07, 6.45) is 4.81. The first-order chi connectivity index (χ1) is 10.7. The Balaban J connectivity index is 1.92. The third kappa shape index (κ3) is 2.82. The Morgan fingerprint density at radius 2 is 2.00 bits per heavy atom. The molecule has 0 radical (unpaired) electrons. The van der Waals surface area contributed by atoms with Crippen LogP contribution in [0.1, 0.15) is 46.8 Å². The van der Waals surface area contributed by atoms with E-state index < -0.39 is 0 Å². The van der Waals surface area contributed by atoms with Crippen molar-refractivity contribution in [3.05, 3.63) is 69.6 Å². The fourth-order valence-corrected chi connectivity index (χ4v) is 3.08. The standard InChI is InChI=1S/C18H20N2O2/c1-13-11-15(12-19-17(13)21)16-9-5-6-10-20(16)18(22)14-7-3-2-4-8-14/h2-4,7-8,11-12,16H,5-6,9-10H2,1H3,(H,19,21)/t16-/m0/s1. The predicted molar refractivity (Wildman–Crippen MR) is 85.9 cm³/mol. The summed E-state index contributed by atoms with van der Waals surface area (Å²) in [5.41, 5.74) is 2.35. The fourth-order valence-electron chi connectivity index (χ4n) is 3.08. The Morgan fingerprint density at radius 3 is 2.73 bits per heavy atom. The maximum atomic E-state index is 12.8. The summed E-state index contributed by atoms with van der Waals surface area (Å²) < 4.78 is 0. The van der Waals surface area contributed by atoms with Gasteiger partial charge in [-0.1, -0.05) is 18.2 Å². The molecule has 0 aliphatic carbocycles. The molecule has 3 rings (SSSR count). The fraction of sp³-hybridized carbons (Fsp3) is 0.333. The summed E-state index contributed by atoms with van der Waals surface area (Å²) in [6.45, 7) is 2.56. The summed E-state index contributed by atoms with van der Waals surface area (Å²) >= 11 is 0. The van der Waals surface area contributed by atoms with E-state index in [-0.39, 0.29) is 17.5 Å². The van der Waals surface area contributed by atoms with Gasteiger partial charge in [0.25, 0.3) is 11.5 Å². The number of nitrogens with zero attached hydrogens (tertiary/aromatic N) is 1. The van der Waals surface area contributed by atoms with Crippen LogP contribution in [0, 0.1) is 6.92 Å². The average Bonchev–Trinajstić information content (AvgIpc) is 2.57. The van der Waals surface area contributed by atoms with Crippen molar-refractivity contribution in [1.82, 2.24) is 9.88 Å². The number of pyridine rings is 1. The number of amides is 1. The van der Waals surface area contributed by atoms with Crippen LogP contribution < -0.4 is 5.56 Å². The molecular weight excluding hydrogens is 276 g/mol. The van der Waals surface area contributed by atoms with E-state index in [9.17, 15) is 9.59 Å². The summed E-state index contributed by atoms with van der Waals surface area (Å²) in [6, 6.07) is 11.3. The molecule has 0 spiro atoms. The molecule has 1 fully saturated rings. The molecule has 4 nitrogen and oxygen atoms in total. The highest BCUT2D eigenvalue weighted by molar-refractivity contribution is 5.94. The number of H-pyrrole nitrogens is 1. The van der Waals surface area contributed by atoms with E-state index in [0.717, 1.165) is 36.9 Å². The first-order valence-electron chi connectivity index (χ1n) is 7.72. The van der Waals surface area contributed by atoms with E-state index in [1.807, 2.05) is 41.3 Å². The van der Waals surface area contributed by atoms with Gasteiger partial charge in [0.05, 0.1) is 6.04 Å². The van der Waals surface area contributed by atoms with Crippen LogP contribution in [0.2, 0.25) is 0 Å². The largest absolute Gasteiger partial charge is 0.332 e. The Morgan fingerprint density at radius 1 is 1.23 bits per heavy atom. The minimum atomic E-state index is -0.0690. The van der Waals surface area contributed by atoms with Crippen LogP contribution in [0.3, 0.4) is 0 Å². The SMILES string of the molecule is Cc1cc([C@@H]2CCCCN2C(=O)c2ccccc2)c[nH]c1=O. The van der Waals surface area contributed by atoms with Crippen LogP contribution >= 0.6 is 0 Å². The lowest BCUT2D eigenvalue weighted by Gasteiger charge is -2.36. The van der Waals surface area contributed by atoms with Gasteiger partial charge in [0.2, 0.25) is 0 Å². The number of carbonyl (C=O) groups excluding carboxylic acids is 1. The number of benzene rings is 1. The van der Waals surface area contributed by atoms with Gasteiger partial charge in [0.15, 0.2) is 0 Å². The van der Waals surface area contributed by atoms with Crippen molar-refractivity contribution >= 4 is 5.91 Å². The zero-order valence-corrected chi connectivity index (χ0v) is 12.7. The van der Waals surface area contributed by atoms with E-state index in [0.29, 0.717) is 5.56 Å². The lowest BCUT2D eigenvalue weighted by Crippen LogP contribution is -2.38. The van der Waals surface area contributed by atoms with Gasteiger partial charge in [-0.3, -0.25) is 9.59 Å². The molecule has 0 unspecified atom stereocenters. The lowest BCUT2D eigenvalue weighted by atomic mass is 9.95. The van der Waals surface area contributed by atoms with Crippen molar-refractivity contribution in [1.29, 1.82) is 0 Å². The predicted octanol–water partition coefficient (Wildman–Crippen LogP) is 3.05. The van der Waals surface area contributed by atoms with Crippen molar-refractivity contribution in [2.75, 3.05) is 6.54 Å². The molecule has 1 aliphatic rings. The monoisotopic (exact) mass is 296 g/mol. The summed E-state index contributed by atoms with van der Waals surface area (Å²) in [7, 11) is 0. The van der Waals surface area contributed by atoms with Crippen molar-refractivity contribution in [3.8, 4) is 0 Å². The zero-order valence-electron chi connectivity index (χ0n) is 12.7. The molecule has 1 aliphatic heterocycles. The highest BCUT2D eigenvalue weighted by Crippen LogP contribution is 2.31. The Bertz CT molecular complexity index is 721. The number of aromatic amines is 1. The molecule has 1 N–H and O–H groups in total. The molecule has 2 aromatic rings. The maximum absolute atomic E-state index is 12.8. The third-order valence-corrected chi connectivity index (χ3v) is 4.28. The first-order valence-corrected chi connectivity index (χ1v) is 7.72. The molecule has 1 amide bonds. The molecule has 22 heavy (non-hydrogen) atoms. The number of aryl methyl sites for hydroxylation is 1. The van der Waals surface area contributed by atoms with Crippen molar-refractivity contribution < 1.29 is 4.79 Å². The van der Waals surface area contributed by atoms with E-state index in [2.05, 4.69) is 4.98 Å². The van der Waals surface area contributed by atoms with Gasteiger partial charge >= 0.3 is 0 Å². The molecule has 0 bridgehead atoms. The number of likely N-dealkylation sites (tertiary alicyclic amines) is 1. The van der Waals surface area contributed by atoms with Gasteiger partial charge in [0.1, 0.15) is 0 Å². The summed E-state index contributed by atoms with van der Waals surface area (Å²) in [5, 5.41) is 0. The minimum Gasteiger partial charge on any atom is -0.332 e. The van der Waals surface area contributed by atoms with Crippen LogP contribution in [0.15, 0.2) is 47.4 Å². The molecule has 1 saturated heterocycles. The quantitative estimate of drug-likeness (QED) is 0.926. The number of rotatable bonds is 2. The van der Waals surface area contributed by atoms with Gasteiger partial charge in [-0.05, 0) is 49.9 Å². The number of aromatic nitrogens is 1. The zero-order chi connectivity index (χ0) is 15.5. The van der Waals surface area contributed by atoms with Crippen LogP contribution in [-0.2, 0) is 0 Å². The second-order valence-corrected chi connectivity index (χ2v) is 5.82. The van der Waals surface area contributed by atoms with Gasteiger partial charge < -0.3 is 9.88 Å². The second kappa shape index (κ2) is 6.18. The topological polar surface area (TPSA) is 53.2 Å². The van der Waals surface area contributed by atoms with E-state index in [1.165, 1.54) is 0 Å². The Labute approximate surface area is 129 Å². The maximum Gasteiger partial charge on any atom is 0.254 e. The molecule has 1 atom stereocenters. The summed E-state index contributed by atoms with van der Waals surface area (Å²) in [5.74, 6) is 0.0640. The molecular formula is C18H20N2O2. The number of carbonyl (C=O) groups is 1. The number of nitrogens with one attached hydrogen (secondary N) is 1. The number of hydrogen-bond donors (Lipinski definition) is 1. The van der Waals surface area contributed by atoms with Gasteiger partial charge in [-0.15, -0.1) is 0 Å². The van der Waals surface area contributed by atoms with E-state index in [1.54, 1.807) is 13.1 Å². The lowest BCUT2D eigenvalue weighted by molar-refractivity contribution is 0.0611. The smallest absolute Gasteiger partial charge is 0.254 e. The van der Waals surface area contributed by atoms with Crippen molar-refractivity contribution in [2.24, 2.45) is 0 Å². The average molecular weight is 296 g/mol. The number of hydrogen-bond acceptors (Lipinski definition) is 2. The molecule has 1 aromatic carbocycles. The molecule has 2 heterocycles. The van der Waals surface area contributed by atoms with Crippen LogP contribution in [0.4, 0.5) is 0 Å². The van der Waals surface area contributed by atoms with Gasteiger partial charge in [-0.2, -0.15) is 0 Å². The first kappa shape index (κ1) is 14.6. The highest BCUT2D eigenvalue weighted by atomic mass is 16.2. The van der Waals surface area contributed by atoms with Crippen LogP contribution in [0.5, 0.6) is 0 Å². The van der Waals surface area contributed by atoms with Crippen LogP contribution in [-0.4, -0.2) is 22.3 Å². The normalized spacial score (nSPS) is 18.2.